The average Bonchev–Trinajstić information content (AvgIpc) is 2.67. The van der Waals surface area contributed by atoms with Crippen LogP contribution in [0.2, 0.25) is 0 Å². The van der Waals surface area contributed by atoms with E-state index in [-0.39, 0.29) is 17.0 Å². The average molecular weight is 424 g/mol. The van der Waals surface area contributed by atoms with Crippen LogP contribution in [0.25, 0.3) is 10.9 Å². The number of H-pyrrole nitrogens is 1. The van der Waals surface area contributed by atoms with Crippen LogP contribution in [0.5, 0.6) is 11.5 Å². The molecule has 0 bridgehead atoms. The van der Waals surface area contributed by atoms with Crippen molar-refractivity contribution < 1.29 is 9.47 Å². The minimum Gasteiger partial charge on any atom is -0.496 e. The van der Waals surface area contributed by atoms with Gasteiger partial charge in [-0.25, -0.2) is 0 Å². The van der Waals surface area contributed by atoms with Crippen LogP contribution >= 0.6 is 15.9 Å². The number of benzene rings is 2. The van der Waals surface area contributed by atoms with Crippen LogP contribution in [0.3, 0.4) is 0 Å². The summed E-state index contributed by atoms with van der Waals surface area (Å²) in [6.45, 7) is 0. The summed E-state index contributed by atoms with van der Waals surface area (Å²) in [7, 11) is 1.57. The number of ether oxygens (including phenoxy) is 2. The fourth-order valence-corrected chi connectivity index (χ4v) is 3.93. The first kappa shape index (κ1) is 17.2. The molecule has 0 amide bonds. The van der Waals surface area contributed by atoms with Gasteiger partial charge in [0, 0.05) is 5.39 Å². The quantitative estimate of drug-likeness (QED) is 0.656. The van der Waals surface area contributed by atoms with Crippen molar-refractivity contribution in [3.05, 3.63) is 79.9 Å². The first-order valence-electron chi connectivity index (χ1n) is 8.11. The lowest BCUT2D eigenvalue weighted by Crippen LogP contribution is -2.27. The number of rotatable bonds is 2. The number of hydrogen-bond donors (Lipinski definition) is 2. The van der Waals surface area contributed by atoms with Crippen LogP contribution in [0, 0.1) is 11.3 Å². The first-order chi connectivity index (χ1) is 13.0. The molecule has 134 valence electrons. The van der Waals surface area contributed by atoms with Crippen molar-refractivity contribution in [2.75, 3.05) is 7.11 Å². The van der Waals surface area contributed by atoms with Crippen LogP contribution in [-0.4, -0.2) is 12.1 Å². The molecule has 1 aromatic heterocycles. The minimum absolute atomic E-state index is 0.00214. The Hall–Kier alpha value is -3.24. The lowest BCUT2D eigenvalue weighted by atomic mass is 9.83. The van der Waals surface area contributed by atoms with Gasteiger partial charge in [0.15, 0.2) is 0 Å². The molecule has 3 aromatic rings. The van der Waals surface area contributed by atoms with E-state index in [0.29, 0.717) is 27.1 Å². The maximum absolute atomic E-state index is 12.9. The fraction of sp³-hybridized carbons (Fsp3) is 0.100. The van der Waals surface area contributed by atoms with Crippen LogP contribution in [0.4, 0.5) is 0 Å². The van der Waals surface area contributed by atoms with Gasteiger partial charge >= 0.3 is 0 Å². The number of hydrogen-bond acceptors (Lipinski definition) is 5. The molecule has 6 nitrogen and oxygen atoms in total. The molecule has 4 rings (SSSR count). The molecule has 1 atom stereocenters. The molecule has 0 aliphatic carbocycles. The molecule has 7 heteroatoms. The minimum atomic E-state index is -0.644. The van der Waals surface area contributed by atoms with Gasteiger partial charge in [0.25, 0.3) is 5.56 Å². The van der Waals surface area contributed by atoms with E-state index in [1.54, 1.807) is 19.2 Å². The summed E-state index contributed by atoms with van der Waals surface area (Å²) < 4.78 is 11.7. The van der Waals surface area contributed by atoms with Gasteiger partial charge in [-0.2, -0.15) is 5.26 Å². The highest BCUT2D eigenvalue weighted by Crippen LogP contribution is 2.44. The van der Waals surface area contributed by atoms with Crippen molar-refractivity contribution in [3.8, 4) is 17.6 Å². The van der Waals surface area contributed by atoms with Crippen LogP contribution in [0.15, 0.2) is 63.2 Å². The van der Waals surface area contributed by atoms with Gasteiger partial charge < -0.3 is 20.2 Å². The van der Waals surface area contributed by atoms with E-state index in [1.807, 2.05) is 30.3 Å². The lowest BCUT2D eigenvalue weighted by molar-refractivity contribution is 0.396. The number of halogens is 1. The fourth-order valence-electron chi connectivity index (χ4n) is 3.37. The highest BCUT2D eigenvalue weighted by atomic mass is 79.9. The molecule has 1 aliphatic rings. The molecule has 0 saturated carbocycles. The number of pyridine rings is 1. The summed E-state index contributed by atoms with van der Waals surface area (Å²) >= 11 is 3.46. The third kappa shape index (κ3) is 2.66. The highest BCUT2D eigenvalue weighted by Gasteiger charge is 2.34. The second kappa shape index (κ2) is 6.49. The van der Waals surface area contributed by atoms with Gasteiger partial charge in [0.1, 0.15) is 23.1 Å². The zero-order valence-corrected chi connectivity index (χ0v) is 15.8. The predicted octanol–water partition coefficient (Wildman–Crippen LogP) is 3.52. The smallest absolute Gasteiger partial charge is 0.256 e. The first-order valence-corrected chi connectivity index (χ1v) is 8.90. The lowest BCUT2D eigenvalue weighted by Gasteiger charge is -2.26. The molecule has 3 N–H and O–H groups in total. The molecule has 0 unspecified atom stereocenters. The van der Waals surface area contributed by atoms with Crippen molar-refractivity contribution in [3.63, 3.8) is 0 Å². The molecule has 0 fully saturated rings. The van der Waals surface area contributed by atoms with Crippen LogP contribution in [0.1, 0.15) is 17.0 Å². The van der Waals surface area contributed by atoms with E-state index in [2.05, 4.69) is 27.0 Å². The zero-order valence-electron chi connectivity index (χ0n) is 14.2. The van der Waals surface area contributed by atoms with Gasteiger partial charge in [0.2, 0.25) is 5.88 Å². The molecule has 0 radical (unpaired) electrons. The molecule has 2 heterocycles. The van der Waals surface area contributed by atoms with Crippen molar-refractivity contribution >= 4 is 26.8 Å². The van der Waals surface area contributed by atoms with Gasteiger partial charge in [0.05, 0.1) is 28.6 Å². The van der Waals surface area contributed by atoms with E-state index in [4.69, 9.17) is 15.2 Å². The number of aromatic amines is 1. The predicted molar refractivity (Wildman–Crippen MR) is 105 cm³/mol. The molecule has 0 saturated heterocycles. The maximum atomic E-state index is 12.9. The molecular formula is C20H14BrN3O3. The normalized spacial score (nSPS) is 15.8. The number of nitrogens with two attached hydrogens (primary N) is 1. The van der Waals surface area contributed by atoms with Gasteiger partial charge in [-0.05, 0) is 45.8 Å². The Bertz CT molecular complexity index is 1210. The van der Waals surface area contributed by atoms with E-state index in [9.17, 15) is 10.1 Å². The van der Waals surface area contributed by atoms with Crippen LogP contribution < -0.4 is 20.8 Å². The zero-order chi connectivity index (χ0) is 19.1. The van der Waals surface area contributed by atoms with E-state index in [1.165, 1.54) is 0 Å². The van der Waals surface area contributed by atoms with Gasteiger partial charge in [-0.15, -0.1) is 0 Å². The van der Waals surface area contributed by atoms with Crippen LogP contribution in [-0.2, 0) is 0 Å². The Balaban J connectivity index is 2.05. The third-order valence-corrected chi connectivity index (χ3v) is 5.21. The van der Waals surface area contributed by atoms with Crippen molar-refractivity contribution in [2.45, 2.75) is 5.92 Å². The van der Waals surface area contributed by atoms with E-state index in [0.717, 1.165) is 10.9 Å². The summed E-state index contributed by atoms with van der Waals surface area (Å²) in [5, 5.41) is 10.4. The van der Waals surface area contributed by atoms with Crippen molar-refractivity contribution in [1.82, 2.24) is 4.98 Å². The number of fused-ring (bicyclic) bond motifs is 3. The summed E-state index contributed by atoms with van der Waals surface area (Å²) in [6.07, 6.45) is 0. The Morgan fingerprint density at radius 2 is 2.07 bits per heavy atom. The topological polar surface area (TPSA) is 101 Å². The second-order valence-electron chi connectivity index (χ2n) is 6.06. The standard InChI is InChI=1S/C20H14BrN3O3/c1-26-15-7-6-10(8-13(15)21)16-12(9-22)19(23)27-18-11-4-2-3-5-14(11)24-20(25)17(16)18/h2-8,16H,23H2,1H3,(H,24,25)/t16-/m1/s1. The number of para-hydroxylation sites is 1. The maximum Gasteiger partial charge on any atom is 0.256 e. The van der Waals surface area contributed by atoms with Gasteiger partial charge in [-0.1, -0.05) is 18.2 Å². The summed E-state index contributed by atoms with van der Waals surface area (Å²) in [5.41, 5.74) is 7.66. The van der Waals surface area contributed by atoms with Gasteiger partial charge in [-0.3, -0.25) is 4.79 Å². The number of allylic oxidation sites excluding steroid dienone is 1. The van der Waals surface area contributed by atoms with E-state index >= 15 is 0 Å². The molecule has 2 aromatic carbocycles. The Morgan fingerprint density at radius 1 is 1.30 bits per heavy atom. The molecular weight excluding hydrogens is 410 g/mol. The monoisotopic (exact) mass is 423 g/mol. The SMILES string of the molecule is COc1ccc([C@@H]2C(C#N)=C(N)Oc3c2c(=O)[nH]c2ccccc32)cc1Br. The van der Waals surface area contributed by atoms with E-state index < -0.39 is 5.92 Å². The Kier molecular flexibility index (Phi) is 4.13. The number of aromatic nitrogens is 1. The Morgan fingerprint density at radius 3 is 2.78 bits per heavy atom. The highest BCUT2D eigenvalue weighted by molar-refractivity contribution is 9.10. The van der Waals surface area contributed by atoms with Crippen molar-refractivity contribution in [2.24, 2.45) is 5.73 Å². The van der Waals surface area contributed by atoms with Crippen molar-refractivity contribution in [1.29, 1.82) is 5.26 Å². The Labute approximate surface area is 163 Å². The number of methoxy groups -OCH3 is 1. The largest absolute Gasteiger partial charge is 0.496 e. The molecule has 27 heavy (non-hydrogen) atoms. The number of nitriles is 1. The molecule has 1 aliphatic heterocycles. The molecule has 0 spiro atoms. The number of nitrogens with zero attached hydrogens (tertiary/aromatic N) is 1. The summed E-state index contributed by atoms with van der Waals surface area (Å²) in [5.74, 6) is 0.378. The second-order valence-corrected chi connectivity index (χ2v) is 6.92. The summed E-state index contributed by atoms with van der Waals surface area (Å²) in [6, 6.07) is 14.8. The summed E-state index contributed by atoms with van der Waals surface area (Å²) in [4.78, 5) is 15.8. The number of nitrogens with one attached hydrogen (secondary N) is 1. The third-order valence-electron chi connectivity index (χ3n) is 4.59.